The van der Waals surface area contributed by atoms with Gasteiger partial charge in [0.1, 0.15) is 22.9 Å². The SMILES string of the molecule is COc1cc(CCl)ccc1NC(=O)c1cccc(N=NC(C(C)=O)C(=O)Nc2ccc(NC(=O)C(N=Nc3cccc(C(=O)Nc4ccc(CCl)cc4OC)c3Cl)C(C)=O)c(C(C)Cl)c2)c1Cl. The number of halogens is 5. The van der Waals surface area contributed by atoms with Crippen molar-refractivity contribution in [3.05, 3.63) is 129 Å². The summed E-state index contributed by atoms with van der Waals surface area (Å²) in [5.41, 5.74) is 3.01. The number of alkyl halides is 3. The highest BCUT2D eigenvalue weighted by Crippen LogP contribution is 2.35. The molecular weight excluding hydrogens is 970 g/mol. The smallest absolute Gasteiger partial charge is 0.258 e. The van der Waals surface area contributed by atoms with E-state index in [-0.39, 0.29) is 55.7 Å². The van der Waals surface area contributed by atoms with Crippen molar-refractivity contribution in [2.24, 2.45) is 20.5 Å². The summed E-state index contributed by atoms with van der Waals surface area (Å²) < 4.78 is 10.7. The monoisotopic (exact) mass is 1010 g/mol. The van der Waals surface area contributed by atoms with Gasteiger partial charge in [0.15, 0.2) is 11.6 Å². The molecule has 348 valence electrons. The number of benzene rings is 5. The van der Waals surface area contributed by atoms with Crippen molar-refractivity contribution in [2.75, 3.05) is 35.5 Å². The molecule has 0 aliphatic carbocycles. The first-order valence-electron chi connectivity index (χ1n) is 19.9. The maximum Gasteiger partial charge on any atom is 0.258 e. The summed E-state index contributed by atoms with van der Waals surface area (Å²) >= 11 is 31.5. The van der Waals surface area contributed by atoms with Gasteiger partial charge in [-0.25, -0.2) is 0 Å². The Bertz CT molecular complexity index is 2790. The highest BCUT2D eigenvalue weighted by atomic mass is 35.5. The number of carbonyl (C=O) groups excluding carboxylic acids is 6. The van der Waals surface area contributed by atoms with Gasteiger partial charge < -0.3 is 30.7 Å². The van der Waals surface area contributed by atoms with E-state index >= 15 is 0 Å². The molecule has 3 unspecified atom stereocenters. The van der Waals surface area contributed by atoms with E-state index in [1.807, 2.05) is 0 Å². The summed E-state index contributed by atoms with van der Waals surface area (Å²) in [4.78, 5) is 78.9. The number of rotatable bonds is 19. The predicted octanol–water partition coefficient (Wildman–Crippen LogP) is 11.7. The second-order valence-electron chi connectivity index (χ2n) is 14.4. The largest absolute Gasteiger partial charge is 0.495 e. The number of nitrogens with one attached hydrogen (secondary N) is 4. The molecule has 4 amide bonds. The molecule has 0 aliphatic rings. The summed E-state index contributed by atoms with van der Waals surface area (Å²) in [5, 5.41) is 25.8. The molecule has 0 radical (unpaired) electrons. The molecular formula is C46H41Cl5N8O8. The third-order valence-corrected chi connectivity index (χ3v) is 11.3. The Morgan fingerprint density at radius 1 is 0.582 bits per heavy atom. The Morgan fingerprint density at radius 2 is 1.01 bits per heavy atom. The van der Waals surface area contributed by atoms with Crippen molar-refractivity contribution in [1.82, 2.24) is 0 Å². The van der Waals surface area contributed by atoms with Gasteiger partial charge in [0.2, 0.25) is 12.1 Å². The van der Waals surface area contributed by atoms with Crippen LogP contribution in [0.25, 0.3) is 0 Å². The molecule has 0 heterocycles. The number of carbonyl (C=O) groups is 6. The first-order chi connectivity index (χ1) is 32.0. The molecule has 0 aliphatic heterocycles. The molecule has 0 bridgehead atoms. The quantitative estimate of drug-likeness (QED) is 0.0353. The van der Waals surface area contributed by atoms with Gasteiger partial charge in [-0.3, -0.25) is 28.8 Å². The van der Waals surface area contributed by atoms with Gasteiger partial charge >= 0.3 is 0 Å². The van der Waals surface area contributed by atoms with Crippen LogP contribution in [0, 0.1) is 0 Å². The molecule has 21 heteroatoms. The van der Waals surface area contributed by atoms with Gasteiger partial charge in [-0.15, -0.1) is 34.8 Å². The van der Waals surface area contributed by atoms with Crippen LogP contribution < -0.4 is 30.7 Å². The summed E-state index contributed by atoms with van der Waals surface area (Å²) in [6.07, 6.45) is 0. The third-order valence-electron chi connectivity index (χ3n) is 9.62. The fourth-order valence-corrected chi connectivity index (χ4v) is 7.15. The second kappa shape index (κ2) is 23.8. The van der Waals surface area contributed by atoms with Crippen molar-refractivity contribution < 1.29 is 38.2 Å². The lowest BCUT2D eigenvalue weighted by atomic mass is 10.1. The number of Topliss-reactive ketones (excluding diaryl/α,β-unsaturated/α-hetero) is 2. The number of ether oxygens (including phenoxy) is 2. The van der Waals surface area contributed by atoms with Crippen molar-refractivity contribution in [3.63, 3.8) is 0 Å². The number of methoxy groups -OCH3 is 2. The van der Waals surface area contributed by atoms with E-state index in [0.29, 0.717) is 28.4 Å². The first-order valence-corrected chi connectivity index (χ1v) is 22.1. The van der Waals surface area contributed by atoms with E-state index in [2.05, 4.69) is 41.7 Å². The Balaban J connectivity index is 1.28. The Labute approximate surface area is 409 Å². The molecule has 5 aromatic carbocycles. The standard InChI is InChI=1S/C46H41Cl5N8O8/c1-23(49)31-20-28(52-45(64)41(24(2)60)58-56-35-10-6-8-29(39(35)50)43(62)54-33-15-12-26(21-47)18-37(33)66-4)14-17-32(31)53-46(65)42(25(3)61)59-57-36-11-7-9-30(40(36)51)44(63)55-34-16-13-27(22-48)19-38(34)67-5/h6-20,23,41-42H,21-22H2,1-5H3,(H,52,64)(H,53,65)(H,54,62)(H,55,63). The molecule has 0 spiro atoms. The maximum absolute atomic E-state index is 13.5. The van der Waals surface area contributed by atoms with E-state index in [9.17, 15) is 28.8 Å². The zero-order chi connectivity index (χ0) is 48.9. The molecule has 5 rings (SSSR count). The predicted molar refractivity (Wildman–Crippen MR) is 260 cm³/mol. The van der Waals surface area contributed by atoms with Crippen LogP contribution in [-0.2, 0) is 30.9 Å². The van der Waals surface area contributed by atoms with Crippen LogP contribution in [0.4, 0.5) is 34.1 Å². The van der Waals surface area contributed by atoms with Crippen LogP contribution in [-0.4, -0.2) is 61.5 Å². The van der Waals surface area contributed by atoms with Gasteiger partial charge in [-0.2, -0.15) is 20.5 Å². The Morgan fingerprint density at radius 3 is 1.42 bits per heavy atom. The van der Waals surface area contributed by atoms with Crippen LogP contribution in [0.1, 0.15) is 63.6 Å². The first kappa shape index (κ1) is 51.6. The van der Waals surface area contributed by atoms with Crippen LogP contribution in [0.3, 0.4) is 0 Å². The van der Waals surface area contributed by atoms with Crippen LogP contribution in [0.15, 0.2) is 111 Å². The molecule has 0 saturated heterocycles. The van der Waals surface area contributed by atoms with Gasteiger partial charge in [-0.1, -0.05) is 47.5 Å². The van der Waals surface area contributed by atoms with Crippen molar-refractivity contribution in [3.8, 4) is 11.5 Å². The molecule has 0 fully saturated rings. The van der Waals surface area contributed by atoms with Crippen LogP contribution >= 0.6 is 58.0 Å². The topological polar surface area (TPSA) is 218 Å². The molecule has 3 atom stereocenters. The van der Waals surface area contributed by atoms with E-state index in [4.69, 9.17) is 67.5 Å². The molecule has 0 saturated carbocycles. The van der Waals surface area contributed by atoms with Gasteiger partial charge in [-0.05, 0) is 104 Å². The number of amides is 4. The van der Waals surface area contributed by atoms with Gasteiger partial charge in [0, 0.05) is 23.1 Å². The van der Waals surface area contributed by atoms with Crippen molar-refractivity contribution in [2.45, 2.75) is 50.0 Å². The van der Waals surface area contributed by atoms with Crippen molar-refractivity contribution in [1.29, 1.82) is 0 Å². The molecule has 16 nitrogen and oxygen atoms in total. The minimum atomic E-state index is -1.65. The highest BCUT2D eigenvalue weighted by molar-refractivity contribution is 6.37. The summed E-state index contributed by atoms with van der Waals surface area (Å²) in [6, 6.07) is 19.9. The lowest BCUT2D eigenvalue weighted by Gasteiger charge is -2.17. The number of nitrogens with zero attached hydrogens (tertiary/aromatic N) is 4. The van der Waals surface area contributed by atoms with E-state index in [1.165, 1.54) is 68.8 Å². The minimum absolute atomic E-state index is 0.00243. The van der Waals surface area contributed by atoms with Crippen LogP contribution in [0.2, 0.25) is 10.0 Å². The lowest BCUT2D eigenvalue weighted by molar-refractivity contribution is -0.127. The number of ketones is 2. The summed E-state index contributed by atoms with van der Waals surface area (Å²) in [6.45, 7) is 3.90. The normalized spacial score (nSPS) is 12.5. The van der Waals surface area contributed by atoms with E-state index in [1.54, 1.807) is 43.3 Å². The van der Waals surface area contributed by atoms with Gasteiger partial charge in [0.05, 0.1) is 52.1 Å². The number of hydrogen-bond donors (Lipinski definition) is 4. The number of hydrogen-bond acceptors (Lipinski definition) is 12. The molecule has 67 heavy (non-hydrogen) atoms. The zero-order valence-corrected chi connectivity index (χ0v) is 40.0. The maximum atomic E-state index is 13.5. The van der Waals surface area contributed by atoms with Crippen LogP contribution in [0.5, 0.6) is 11.5 Å². The molecule has 0 aromatic heterocycles. The average molecular weight is 1010 g/mol. The minimum Gasteiger partial charge on any atom is -0.495 e. The van der Waals surface area contributed by atoms with Gasteiger partial charge in [0.25, 0.3) is 23.6 Å². The highest BCUT2D eigenvalue weighted by Gasteiger charge is 2.27. The number of anilines is 4. The van der Waals surface area contributed by atoms with E-state index < -0.39 is 52.7 Å². The van der Waals surface area contributed by atoms with Crippen molar-refractivity contribution >= 4 is 127 Å². The summed E-state index contributed by atoms with van der Waals surface area (Å²) in [5.74, 6) is -3.01. The Kier molecular flexibility index (Phi) is 18.3. The number of azo groups is 2. The average Bonchev–Trinajstić information content (AvgIpc) is 3.30. The third kappa shape index (κ3) is 13.1. The fourth-order valence-electron chi connectivity index (χ4n) is 6.14. The van der Waals surface area contributed by atoms with E-state index in [0.717, 1.165) is 25.0 Å². The summed E-state index contributed by atoms with van der Waals surface area (Å²) in [7, 11) is 2.90. The molecule has 4 N–H and O–H groups in total. The zero-order valence-electron chi connectivity index (χ0n) is 36.3. The Hall–Kier alpha value is -6.43. The molecule has 5 aromatic rings. The second-order valence-corrected chi connectivity index (χ2v) is 16.3. The lowest BCUT2D eigenvalue weighted by Crippen LogP contribution is -2.32. The fraction of sp³-hybridized carbons (Fsp3) is 0.217.